The standard InChI is InChI=1S/C14H14F2N2O/c1-8(2)6-18-14(19)10-3-9-4-11(15)5-12(16)13(9)17-7-10/h3-5,7-8H,6H2,1-2H3,(H,18,19). The van der Waals surface area contributed by atoms with E-state index in [4.69, 9.17) is 0 Å². The molecule has 0 radical (unpaired) electrons. The minimum absolute atomic E-state index is 0.0572. The number of pyridine rings is 1. The first kappa shape index (κ1) is 13.4. The molecule has 0 bridgehead atoms. The smallest absolute Gasteiger partial charge is 0.252 e. The van der Waals surface area contributed by atoms with Crippen LogP contribution in [-0.2, 0) is 0 Å². The molecule has 2 aromatic rings. The fourth-order valence-corrected chi connectivity index (χ4v) is 1.69. The predicted molar refractivity (Wildman–Crippen MR) is 68.8 cm³/mol. The van der Waals surface area contributed by atoms with Crippen LogP contribution in [0.2, 0.25) is 0 Å². The number of halogens is 2. The second-order valence-corrected chi connectivity index (χ2v) is 4.79. The van der Waals surface area contributed by atoms with E-state index in [-0.39, 0.29) is 22.4 Å². The molecule has 0 unspecified atom stereocenters. The van der Waals surface area contributed by atoms with Crippen LogP contribution in [0.3, 0.4) is 0 Å². The average Bonchev–Trinajstić information content (AvgIpc) is 2.34. The largest absolute Gasteiger partial charge is 0.352 e. The number of fused-ring (bicyclic) bond motifs is 1. The Balaban J connectivity index is 2.33. The van der Waals surface area contributed by atoms with Gasteiger partial charge in [-0.15, -0.1) is 0 Å². The van der Waals surface area contributed by atoms with Gasteiger partial charge in [0, 0.05) is 24.2 Å². The van der Waals surface area contributed by atoms with Gasteiger partial charge in [-0.2, -0.15) is 0 Å². The predicted octanol–water partition coefficient (Wildman–Crippen LogP) is 2.90. The molecule has 0 aliphatic heterocycles. The molecule has 0 fully saturated rings. The Morgan fingerprint density at radius 1 is 1.32 bits per heavy atom. The number of nitrogens with zero attached hydrogens (tertiary/aromatic N) is 1. The summed E-state index contributed by atoms with van der Waals surface area (Å²) in [5.74, 6) is -1.39. The summed E-state index contributed by atoms with van der Waals surface area (Å²) >= 11 is 0. The normalized spacial score (nSPS) is 11.0. The lowest BCUT2D eigenvalue weighted by molar-refractivity contribution is 0.0949. The van der Waals surface area contributed by atoms with Crippen LogP contribution < -0.4 is 5.32 Å². The van der Waals surface area contributed by atoms with E-state index in [1.165, 1.54) is 12.3 Å². The highest BCUT2D eigenvalue weighted by molar-refractivity contribution is 5.97. The molecule has 3 nitrogen and oxygen atoms in total. The van der Waals surface area contributed by atoms with Crippen molar-refractivity contribution in [2.24, 2.45) is 5.92 Å². The SMILES string of the molecule is CC(C)CNC(=O)c1cnc2c(F)cc(F)cc2c1. The summed E-state index contributed by atoms with van der Waals surface area (Å²) < 4.78 is 26.5. The second kappa shape index (κ2) is 5.30. The van der Waals surface area contributed by atoms with Crippen molar-refractivity contribution < 1.29 is 13.6 Å². The van der Waals surface area contributed by atoms with Gasteiger partial charge in [0.15, 0.2) is 5.82 Å². The maximum atomic E-state index is 13.4. The highest BCUT2D eigenvalue weighted by atomic mass is 19.1. The minimum atomic E-state index is -0.732. The van der Waals surface area contributed by atoms with Gasteiger partial charge in [-0.1, -0.05) is 13.8 Å². The van der Waals surface area contributed by atoms with E-state index < -0.39 is 11.6 Å². The molecule has 0 saturated carbocycles. The first-order valence-electron chi connectivity index (χ1n) is 6.00. The molecule has 1 aromatic heterocycles. The number of rotatable bonds is 3. The van der Waals surface area contributed by atoms with Crippen LogP contribution in [0, 0.1) is 17.6 Å². The molecule has 0 aliphatic carbocycles. The van der Waals surface area contributed by atoms with E-state index in [9.17, 15) is 13.6 Å². The van der Waals surface area contributed by atoms with Gasteiger partial charge in [-0.25, -0.2) is 8.78 Å². The zero-order valence-corrected chi connectivity index (χ0v) is 10.7. The van der Waals surface area contributed by atoms with E-state index in [0.29, 0.717) is 12.5 Å². The molecule has 1 heterocycles. The molecular formula is C14H14F2N2O. The van der Waals surface area contributed by atoms with E-state index >= 15 is 0 Å². The van der Waals surface area contributed by atoms with Gasteiger partial charge >= 0.3 is 0 Å². The van der Waals surface area contributed by atoms with Crippen LogP contribution in [0.15, 0.2) is 24.4 Å². The lowest BCUT2D eigenvalue weighted by Gasteiger charge is -2.08. The molecule has 0 spiro atoms. The van der Waals surface area contributed by atoms with Crippen LogP contribution in [-0.4, -0.2) is 17.4 Å². The second-order valence-electron chi connectivity index (χ2n) is 4.79. The molecular weight excluding hydrogens is 250 g/mol. The summed E-state index contributed by atoms with van der Waals surface area (Å²) in [6.07, 6.45) is 1.29. The Kier molecular flexibility index (Phi) is 3.74. The fourth-order valence-electron chi connectivity index (χ4n) is 1.69. The van der Waals surface area contributed by atoms with Gasteiger partial charge in [0.1, 0.15) is 11.3 Å². The Morgan fingerprint density at radius 3 is 2.74 bits per heavy atom. The van der Waals surface area contributed by atoms with Gasteiger partial charge in [0.05, 0.1) is 5.56 Å². The number of hydrogen-bond donors (Lipinski definition) is 1. The number of carbonyl (C=O) groups excluding carboxylic acids is 1. The fraction of sp³-hybridized carbons (Fsp3) is 0.286. The van der Waals surface area contributed by atoms with Crippen molar-refractivity contribution in [3.63, 3.8) is 0 Å². The Hall–Kier alpha value is -2.04. The van der Waals surface area contributed by atoms with Crippen molar-refractivity contribution in [1.29, 1.82) is 0 Å². The molecule has 5 heteroatoms. The Labute approximate surface area is 109 Å². The molecule has 1 aromatic carbocycles. The first-order valence-corrected chi connectivity index (χ1v) is 6.00. The maximum absolute atomic E-state index is 13.4. The zero-order chi connectivity index (χ0) is 14.0. The van der Waals surface area contributed by atoms with Gasteiger partial charge in [-0.3, -0.25) is 9.78 Å². The van der Waals surface area contributed by atoms with Crippen LogP contribution in [0.5, 0.6) is 0 Å². The van der Waals surface area contributed by atoms with Gasteiger partial charge in [-0.05, 0) is 18.1 Å². The van der Waals surface area contributed by atoms with Crippen LogP contribution in [0.4, 0.5) is 8.78 Å². The van der Waals surface area contributed by atoms with Crippen molar-refractivity contribution in [2.45, 2.75) is 13.8 Å². The number of carbonyl (C=O) groups is 1. The molecule has 0 aliphatic rings. The van der Waals surface area contributed by atoms with Gasteiger partial charge < -0.3 is 5.32 Å². The van der Waals surface area contributed by atoms with E-state index in [0.717, 1.165) is 12.1 Å². The molecule has 1 amide bonds. The summed E-state index contributed by atoms with van der Waals surface area (Å²) in [6, 6.07) is 3.36. The summed E-state index contributed by atoms with van der Waals surface area (Å²) in [5, 5.41) is 3.00. The lowest BCUT2D eigenvalue weighted by Crippen LogP contribution is -2.27. The summed E-state index contributed by atoms with van der Waals surface area (Å²) in [5.41, 5.74) is 0.347. The van der Waals surface area contributed by atoms with Crippen LogP contribution in [0.25, 0.3) is 10.9 Å². The van der Waals surface area contributed by atoms with Crippen molar-refractivity contribution in [3.05, 3.63) is 41.6 Å². The molecule has 1 N–H and O–H groups in total. The van der Waals surface area contributed by atoms with E-state index in [2.05, 4.69) is 10.3 Å². The molecule has 0 atom stereocenters. The number of amides is 1. The molecule has 2 rings (SSSR count). The van der Waals surface area contributed by atoms with E-state index in [1.807, 2.05) is 13.8 Å². The monoisotopic (exact) mass is 264 g/mol. The van der Waals surface area contributed by atoms with Crippen LogP contribution in [0.1, 0.15) is 24.2 Å². The third-order valence-electron chi connectivity index (χ3n) is 2.63. The summed E-state index contributed by atoms with van der Waals surface area (Å²) in [7, 11) is 0. The number of benzene rings is 1. The molecule has 0 saturated heterocycles. The number of aromatic nitrogens is 1. The quantitative estimate of drug-likeness (QED) is 0.926. The van der Waals surface area contributed by atoms with Crippen molar-refractivity contribution in [3.8, 4) is 0 Å². The maximum Gasteiger partial charge on any atom is 0.252 e. The Morgan fingerprint density at radius 2 is 2.05 bits per heavy atom. The minimum Gasteiger partial charge on any atom is -0.352 e. The van der Waals surface area contributed by atoms with Crippen molar-refractivity contribution in [1.82, 2.24) is 10.3 Å². The van der Waals surface area contributed by atoms with Crippen molar-refractivity contribution in [2.75, 3.05) is 6.54 Å². The molecule has 19 heavy (non-hydrogen) atoms. The van der Waals surface area contributed by atoms with Gasteiger partial charge in [0.2, 0.25) is 0 Å². The highest BCUT2D eigenvalue weighted by Gasteiger charge is 2.10. The number of nitrogens with one attached hydrogen (secondary N) is 1. The number of hydrogen-bond acceptors (Lipinski definition) is 2. The summed E-state index contributed by atoms with van der Waals surface area (Å²) in [6.45, 7) is 4.49. The van der Waals surface area contributed by atoms with Crippen molar-refractivity contribution >= 4 is 16.8 Å². The average molecular weight is 264 g/mol. The van der Waals surface area contributed by atoms with E-state index in [1.54, 1.807) is 0 Å². The lowest BCUT2D eigenvalue weighted by atomic mass is 10.1. The topological polar surface area (TPSA) is 42.0 Å². The highest BCUT2D eigenvalue weighted by Crippen LogP contribution is 2.18. The molecule has 100 valence electrons. The third-order valence-corrected chi connectivity index (χ3v) is 2.63. The third kappa shape index (κ3) is 3.05. The summed E-state index contributed by atoms with van der Waals surface area (Å²) in [4.78, 5) is 15.7. The zero-order valence-electron chi connectivity index (χ0n) is 10.7. The van der Waals surface area contributed by atoms with Gasteiger partial charge in [0.25, 0.3) is 5.91 Å². The first-order chi connectivity index (χ1) is 8.97. The van der Waals surface area contributed by atoms with Crippen LogP contribution >= 0.6 is 0 Å². The Bertz CT molecular complexity index is 626.